The van der Waals surface area contributed by atoms with E-state index in [0.29, 0.717) is 0 Å². The molecule has 18 heavy (non-hydrogen) atoms. The molecular weight excluding hydrogens is 218 g/mol. The van der Waals surface area contributed by atoms with Crippen LogP contribution in [0.4, 0.5) is 0 Å². The molecule has 0 spiro atoms. The van der Waals surface area contributed by atoms with Crippen molar-refractivity contribution >= 4 is 6.21 Å². The van der Waals surface area contributed by atoms with Crippen molar-refractivity contribution < 1.29 is 0 Å². The van der Waals surface area contributed by atoms with E-state index in [-0.39, 0.29) is 0 Å². The molecular formula is C17H27N. The Morgan fingerprint density at radius 3 is 2.06 bits per heavy atom. The molecule has 100 valence electrons. The van der Waals surface area contributed by atoms with Crippen molar-refractivity contribution in [3.63, 3.8) is 0 Å². The third-order valence-electron chi connectivity index (χ3n) is 1.72. The number of benzene rings is 1. The number of rotatable bonds is 4. The van der Waals surface area contributed by atoms with E-state index in [1.165, 1.54) is 5.56 Å². The second-order valence-corrected chi connectivity index (χ2v) is 2.89. The standard InChI is InChI=1S/C13H15N.2C2H6/c1-2-3-4-8-11-14-12-13-9-6-5-7-10-13;2*1-2/h2-11H,12H2,1H3;2*1-2H3/b3-2+,8-4-,14-11?;;. The van der Waals surface area contributed by atoms with Crippen LogP contribution in [-0.2, 0) is 6.54 Å². The van der Waals surface area contributed by atoms with Crippen molar-refractivity contribution in [3.8, 4) is 0 Å². The zero-order chi connectivity index (χ0) is 14.1. The van der Waals surface area contributed by atoms with Gasteiger partial charge < -0.3 is 0 Å². The first-order chi connectivity index (χ1) is 8.93. The SMILES string of the molecule is C/C=C/C=C\C=NCc1ccccc1.CC.CC. The maximum atomic E-state index is 4.27. The monoisotopic (exact) mass is 245 g/mol. The molecule has 0 aliphatic heterocycles. The zero-order valence-electron chi connectivity index (χ0n) is 12.4. The molecule has 0 bridgehead atoms. The van der Waals surface area contributed by atoms with Crippen LogP contribution in [0.3, 0.4) is 0 Å². The van der Waals surface area contributed by atoms with E-state index >= 15 is 0 Å². The summed E-state index contributed by atoms with van der Waals surface area (Å²) in [5.41, 5.74) is 1.24. The molecule has 1 nitrogen and oxygen atoms in total. The summed E-state index contributed by atoms with van der Waals surface area (Å²) in [6.07, 6.45) is 9.69. The van der Waals surface area contributed by atoms with Crippen LogP contribution >= 0.6 is 0 Å². The molecule has 0 radical (unpaired) electrons. The highest BCUT2D eigenvalue weighted by Gasteiger charge is 1.84. The molecule has 0 aromatic heterocycles. The number of hydrogen-bond donors (Lipinski definition) is 0. The highest BCUT2D eigenvalue weighted by atomic mass is 14.7. The second kappa shape index (κ2) is 17.8. The van der Waals surface area contributed by atoms with E-state index in [2.05, 4.69) is 17.1 Å². The number of nitrogens with zero attached hydrogens (tertiary/aromatic N) is 1. The molecule has 0 N–H and O–H groups in total. The van der Waals surface area contributed by atoms with Gasteiger partial charge in [-0.3, -0.25) is 4.99 Å². The van der Waals surface area contributed by atoms with Gasteiger partial charge in [0.25, 0.3) is 0 Å². The minimum absolute atomic E-state index is 0.751. The van der Waals surface area contributed by atoms with E-state index in [1.807, 2.05) is 83.3 Å². The maximum absolute atomic E-state index is 4.27. The Bertz CT molecular complexity index is 321. The summed E-state index contributed by atoms with van der Waals surface area (Å²) in [6.45, 7) is 10.7. The normalized spacial score (nSPS) is 10.1. The zero-order valence-corrected chi connectivity index (χ0v) is 12.4. The Hall–Kier alpha value is -1.63. The van der Waals surface area contributed by atoms with Gasteiger partial charge in [-0.05, 0) is 18.6 Å². The summed E-state index contributed by atoms with van der Waals surface area (Å²) in [4.78, 5) is 4.27. The molecule has 0 heterocycles. The average molecular weight is 245 g/mol. The Balaban J connectivity index is 0. The van der Waals surface area contributed by atoms with Gasteiger partial charge in [-0.2, -0.15) is 0 Å². The molecule has 1 rings (SSSR count). The molecule has 0 aliphatic carbocycles. The molecule has 0 saturated carbocycles. The largest absolute Gasteiger partial charge is 0.288 e. The van der Waals surface area contributed by atoms with Gasteiger partial charge in [0.2, 0.25) is 0 Å². The lowest BCUT2D eigenvalue weighted by Crippen LogP contribution is -1.79. The van der Waals surface area contributed by atoms with Gasteiger partial charge in [-0.15, -0.1) is 0 Å². The fourth-order valence-electron chi connectivity index (χ4n) is 1.03. The Morgan fingerprint density at radius 1 is 0.889 bits per heavy atom. The van der Waals surface area contributed by atoms with Gasteiger partial charge in [-0.1, -0.05) is 76.3 Å². The van der Waals surface area contributed by atoms with Crippen molar-refractivity contribution in [2.75, 3.05) is 0 Å². The van der Waals surface area contributed by atoms with Gasteiger partial charge >= 0.3 is 0 Å². The summed E-state index contributed by atoms with van der Waals surface area (Å²) in [6, 6.07) is 10.2. The molecule has 1 aromatic carbocycles. The summed E-state index contributed by atoms with van der Waals surface area (Å²) in [5.74, 6) is 0. The fourth-order valence-corrected chi connectivity index (χ4v) is 1.03. The van der Waals surface area contributed by atoms with Crippen LogP contribution in [0.5, 0.6) is 0 Å². The summed E-state index contributed by atoms with van der Waals surface area (Å²) < 4.78 is 0. The molecule has 1 aromatic rings. The molecule has 0 atom stereocenters. The van der Waals surface area contributed by atoms with Crippen molar-refractivity contribution in [1.82, 2.24) is 0 Å². The number of allylic oxidation sites excluding steroid dienone is 4. The van der Waals surface area contributed by atoms with Crippen LogP contribution in [0.2, 0.25) is 0 Å². The van der Waals surface area contributed by atoms with Crippen molar-refractivity contribution in [1.29, 1.82) is 0 Å². The lowest BCUT2D eigenvalue weighted by molar-refractivity contribution is 1.08. The molecule has 0 fully saturated rings. The molecule has 0 unspecified atom stereocenters. The fraction of sp³-hybridized carbons (Fsp3) is 0.353. The van der Waals surface area contributed by atoms with Crippen LogP contribution in [0, 0.1) is 0 Å². The molecule has 1 heteroatoms. The van der Waals surface area contributed by atoms with Crippen LogP contribution in [0.1, 0.15) is 40.2 Å². The third-order valence-corrected chi connectivity index (χ3v) is 1.72. The second-order valence-electron chi connectivity index (χ2n) is 2.89. The van der Waals surface area contributed by atoms with Gasteiger partial charge in [0, 0.05) is 6.21 Å². The number of hydrogen-bond acceptors (Lipinski definition) is 1. The highest BCUT2D eigenvalue weighted by molar-refractivity contribution is 5.71. The smallest absolute Gasteiger partial charge is 0.0639 e. The molecule has 0 amide bonds. The average Bonchev–Trinajstić information content (AvgIpc) is 2.48. The minimum Gasteiger partial charge on any atom is -0.288 e. The van der Waals surface area contributed by atoms with Crippen molar-refractivity contribution in [2.24, 2.45) is 4.99 Å². The Labute approximate surface area is 113 Å². The van der Waals surface area contributed by atoms with Gasteiger partial charge in [0.15, 0.2) is 0 Å². The van der Waals surface area contributed by atoms with Crippen LogP contribution < -0.4 is 0 Å². The van der Waals surface area contributed by atoms with E-state index in [9.17, 15) is 0 Å². The van der Waals surface area contributed by atoms with Crippen LogP contribution in [0.25, 0.3) is 0 Å². The van der Waals surface area contributed by atoms with Crippen molar-refractivity contribution in [3.05, 3.63) is 60.2 Å². The Morgan fingerprint density at radius 2 is 1.50 bits per heavy atom. The van der Waals surface area contributed by atoms with Crippen LogP contribution in [-0.4, -0.2) is 6.21 Å². The lowest BCUT2D eigenvalue weighted by atomic mass is 10.2. The first-order valence-corrected chi connectivity index (χ1v) is 6.75. The first kappa shape index (κ1) is 18.7. The maximum Gasteiger partial charge on any atom is 0.0639 e. The van der Waals surface area contributed by atoms with Crippen molar-refractivity contribution in [2.45, 2.75) is 41.2 Å². The predicted molar refractivity (Wildman–Crippen MR) is 85.3 cm³/mol. The van der Waals surface area contributed by atoms with Gasteiger partial charge in [0.05, 0.1) is 6.54 Å². The number of aliphatic imine (C=N–C) groups is 1. The summed E-state index contributed by atoms with van der Waals surface area (Å²) >= 11 is 0. The lowest BCUT2D eigenvalue weighted by Gasteiger charge is -1.92. The quantitative estimate of drug-likeness (QED) is 0.494. The van der Waals surface area contributed by atoms with E-state index in [1.54, 1.807) is 0 Å². The van der Waals surface area contributed by atoms with E-state index in [4.69, 9.17) is 0 Å². The molecule has 0 aliphatic rings. The topological polar surface area (TPSA) is 12.4 Å². The minimum atomic E-state index is 0.751. The molecule has 0 saturated heterocycles. The predicted octanol–water partition coefficient (Wildman–Crippen LogP) is 5.44. The summed E-state index contributed by atoms with van der Waals surface area (Å²) in [5, 5.41) is 0. The van der Waals surface area contributed by atoms with Crippen LogP contribution in [0.15, 0.2) is 59.6 Å². The van der Waals surface area contributed by atoms with Gasteiger partial charge in [-0.25, -0.2) is 0 Å². The third kappa shape index (κ3) is 12.4. The Kier molecular flexibility index (Phi) is 18.5. The highest BCUT2D eigenvalue weighted by Crippen LogP contribution is 1.99. The first-order valence-electron chi connectivity index (χ1n) is 6.75. The van der Waals surface area contributed by atoms with E-state index in [0.717, 1.165) is 6.54 Å². The summed E-state index contributed by atoms with van der Waals surface area (Å²) in [7, 11) is 0. The van der Waals surface area contributed by atoms with Gasteiger partial charge in [0.1, 0.15) is 0 Å². The van der Waals surface area contributed by atoms with E-state index < -0.39 is 0 Å².